The molecule has 0 amide bonds. The maximum absolute atomic E-state index is 8.46. The Kier molecular flexibility index (Phi) is 2.08. The first-order valence-corrected chi connectivity index (χ1v) is 2.84. The van der Waals surface area contributed by atoms with E-state index in [4.69, 9.17) is 14.4 Å². The van der Waals surface area contributed by atoms with Gasteiger partial charge in [-0.2, -0.15) is 5.26 Å². The summed E-state index contributed by atoms with van der Waals surface area (Å²) in [6, 6.07) is 5.36. The van der Waals surface area contributed by atoms with E-state index in [0.29, 0.717) is 5.76 Å². The van der Waals surface area contributed by atoms with Gasteiger partial charge in [-0.05, 0) is 12.1 Å². The Bertz CT molecular complexity index is 222. The van der Waals surface area contributed by atoms with Crippen molar-refractivity contribution >= 4 is 0 Å². The van der Waals surface area contributed by atoms with Crippen molar-refractivity contribution in [3.05, 3.63) is 24.2 Å². The molecular formula is C7H7NO2. The molecule has 3 heteroatoms. The lowest BCUT2D eigenvalue weighted by atomic mass is 10.3. The first-order chi connectivity index (χ1) is 4.88. The summed E-state index contributed by atoms with van der Waals surface area (Å²) in [5.74, 6) is 0.546. The standard InChI is InChI=1S/C7H7NO2/c1-9-7(5-8)6-3-2-4-10-6/h2-4,7H,1H3. The molecule has 10 heavy (non-hydrogen) atoms. The summed E-state index contributed by atoms with van der Waals surface area (Å²) in [7, 11) is 1.47. The Morgan fingerprint density at radius 1 is 1.80 bits per heavy atom. The highest BCUT2D eigenvalue weighted by atomic mass is 16.5. The van der Waals surface area contributed by atoms with Crippen molar-refractivity contribution in [2.45, 2.75) is 6.10 Å². The van der Waals surface area contributed by atoms with Gasteiger partial charge < -0.3 is 9.15 Å². The van der Waals surface area contributed by atoms with Crippen molar-refractivity contribution in [3.63, 3.8) is 0 Å². The zero-order valence-corrected chi connectivity index (χ0v) is 5.57. The number of nitriles is 1. The van der Waals surface area contributed by atoms with Crippen LogP contribution in [0.25, 0.3) is 0 Å². The van der Waals surface area contributed by atoms with Crippen molar-refractivity contribution in [2.24, 2.45) is 0 Å². The van der Waals surface area contributed by atoms with Crippen molar-refractivity contribution < 1.29 is 9.15 Å². The number of hydrogen-bond acceptors (Lipinski definition) is 3. The van der Waals surface area contributed by atoms with Crippen LogP contribution in [0, 0.1) is 11.3 Å². The third-order valence-corrected chi connectivity index (χ3v) is 1.15. The molecule has 0 saturated carbocycles. The van der Waals surface area contributed by atoms with Crippen LogP contribution in [0.2, 0.25) is 0 Å². The van der Waals surface area contributed by atoms with Gasteiger partial charge in [0.25, 0.3) is 0 Å². The summed E-state index contributed by atoms with van der Waals surface area (Å²) in [6.45, 7) is 0. The minimum Gasteiger partial charge on any atom is -0.465 e. The van der Waals surface area contributed by atoms with E-state index in [9.17, 15) is 0 Å². The molecule has 1 heterocycles. The number of rotatable bonds is 2. The fourth-order valence-electron chi connectivity index (χ4n) is 0.673. The Balaban J connectivity index is 2.76. The minimum atomic E-state index is -0.574. The minimum absolute atomic E-state index is 0.546. The molecular weight excluding hydrogens is 130 g/mol. The SMILES string of the molecule is COC(C#N)c1ccco1. The van der Waals surface area contributed by atoms with E-state index in [1.165, 1.54) is 13.4 Å². The van der Waals surface area contributed by atoms with Crippen LogP contribution in [0.1, 0.15) is 11.9 Å². The second kappa shape index (κ2) is 3.04. The molecule has 1 aromatic rings. The quantitative estimate of drug-likeness (QED) is 0.620. The molecule has 1 rings (SSSR count). The maximum atomic E-state index is 8.46. The molecule has 0 saturated heterocycles. The van der Waals surface area contributed by atoms with Crippen molar-refractivity contribution in [1.82, 2.24) is 0 Å². The second-order valence-corrected chi connectivity index (χ2v) is 1.76. The summed E-state index contributed by atoms with van der Waals surface area (Å²) in [5.41, 5.74) is 0. The normalized spacial score (nSPS) is 12.4. The average molecular weight is 137 g/mol. The van der Waals surface area contributed by atoms with E-state index >= 15 is 0 Å². The second-order valence-electron chi connectivity index (χ2n) is 1.76. The zero-order valence-electron chi connectivity index (χ0n) is 5.57. The predicted molar refractivity (Wildman–Crippen MR) is 34.1 cm³/mol. The van der Waals surface area contributed by atoms with Crippen LogP contribution < -0.4 is 0 Å². The number of methoxy groups -OCH3 is 1. The van der Waals surface area contributed by atoms with Gasteiger partial charge in [0, 0.05) is 7.11 Å². The van der Waals surface area contributed by atoms with Gasteiger partial charge in [-0.3, -0.25) is 0 Å². The van der Waals surface area contributed by atoms with Gasteiger partial charge in [-0.1, -0.05) is 0 Å². The lowest BCUT2D eigenvalue weighted by Gasteiger charge is -2.00. The van der Waals surface area contributed by atoms with Gasteiger partial charge in [0.15, 0.2) is 0 Å². The van der Waals surface area contributed by atoms with Crippen molar-refractivity contribution in [2.75, 3.05) is 7.11 Å². The molecule has 3 nitrogen and oxygen atoms in total. The van der Waals surface area contributed by atoms with E-state index in [1.807, 2.05) is 6.07 Å². The van der Waals surface area contributed by atoms with Crippen LogP contribution in [0.3, 0.4) is 0 Å². The van der Waals surface area contributed by atoms with Gasteiger partial charge in [0.2, 0.25) is 6.10 Å². The molecule has 0 aliphatic carbocycles. The molecule has 0 bridgehead atoms. The van der Waals surface area contributed by atoms with Gasteiger partial charge >= 0.3 is 0 Å². The third-order valence-electron chi connectivity index (χ3n) is 1.15. The van der Waals surface area contributed by atoms with Gasteiger partial charge in [-0.15, -0.1) is 0 Å². The van der Waals surface area contributed by atoms with E-state index in [-0.39, 0.29) is 0 Å². The lowest BCUT2D eigenvalue weighted by Crippen LogP contribution is -1.94. The molecule has 0 spiro atoms. The third kappa shape index (κ3) is 1.17. The van der Waals surface area contributed by atoms with Gasteiger partial charge in [0.1, 0.15) is 11.8 Å². The number of ether oxygens (including phenoxy) is 1. The van der Waals surface area contributed by atoms with Gasteiger partial charge in [-0.25, -0.2) is 0 Å². The number of furan rings is 1. The fraction of sp³-hybridized carbons (Fsp3) is 0.286. The molecule has 0 aliphatic heterocycles. The Hall–Kier alpha value is -1.27. The summed E-state index contributed by atoms with van der Waals surface area (Å²) in [4.78, 5) is 0. The predicted octanol–water partition coefficient (Wildman–Crippen LogP) is 1.49. The molecule has 0 N–H and O–H groups in total. The van der Waals surface area contributed by atoms with E-state index < -0.39 is 6.10 Å². The van der Waals surface area contributed by atoms with Crippen LogP contribution >= 0.6 is 0 Å². The van der Waals surface area contributed by atoms with E-state index in [2.05, 4.69) is 0 Å². The van der Waals surface area contributed by atoms with Gasteiger partial charge in [0.05, 0.1) is 6.26 Å². The largest absolute Gasteiger partial charge is 0.465 e. The molecule has 0 aromatic carbocycles. The molecule has 1 unspecified atom stereocenters. The number of nitrogens with zero attached hydrogens (tertiary/aromatic N) is 1. The van der Waals surface area contributed by atoms with Crippen molar-refractivity contribution in [1.29, 1.82) is 5.26 Å². The molecule has 1 atom stereocenters. The average Bonchev–Trinajstić information content (AvgIpc) is 2.43. The summed E-state index contributed by atoms with van der Waals surface area (Å²) >= 11 is 0. The topological polar surface area (TPSA) is 46.2 Å². The summed E-state index contributed by atoms with van der Waals surface area (Å²) in [5, 5.41) is 8.46. The molecule has 0 radical (unpaired) electrons. The monoisotopic (exact) mass is 137 g/mol. The van der Waals surface area contributed by atoms with Crippen molar-refractivity contribution in [3.8, 4) is 6.07 Å². The zero-order chi connectivity index (χ0) is 7.40. The smallest absolute Gasteiger partial charge is 0.200 e. The van der Waals surface area contributed by atoms with Crippen LogP contribution in [0.4, 0.5) is 0 Å². The highest BCUT2D eigenvalue weighted by molar-refractivity contribution is 5.09. The molecule has 0 aliphatic rings. The first-order valence-electron chi connectivity index (χ1n) is 2.84. The Morgan fingerprint density at radius 2 is 2.60 bits per heavy atom. The van der Waals surface area contributed by atoms with Crippen LogP contribution in [0.15, 0.2) is 22.8 Å². The maximum Gasteiger partial charge on any atom is 0.200 e. The van der Waals surface area contributed by atoms with Crippen LogP contribution in [-0.2, 0) is 4.74 Å². The summed E-state index contributed by atoms with van der Waals surface area (Å²) in [6.07, 6.45) is 0.939. The summed E-state index contributed by atoms with van der Waals surface area (Å²) < 4.78 is 9.72. The highest BCUT2D eigenvalue weighted by Gasteiger charge is 2.10. The lowest BCUT2D eigenvalue weighted by molar-refractivity contribution is 0.128. The fourth-order valence-corrected chi connectivity index (χ4v) is 0.673. The van der Waals surface area contributed by atoms with E-state index in [0.717, 1.165) is 0 Å². The Morgan fingerprint density at radius 3 is 3.00 bits per heavy atom. The number of hydrogen-bond donors (Lipinski definition) is 0. The first kappa shape index (κ1) is 6.84. The molecule has 0 fully saturated rings. The van der Waals surface area contributed by atoms with Crippen LogP contribution in [0.5, 0.6) is 0 Å². The molecule has 1 aromatic heterocycles. The highest BCUT2D eigenvalue weighted by Crippen LogP contribution is 2.14. The molecule has 52 valence electrons. The van der Waals surface area contributed by atoms with Crippen LogP contribution in [-0.4, -0.2) is 7.11 Å². The Labute approximate surface area is 58.8 Å². The van der Waals surface area contributed by atoms with E-state index in [1.54, 1.807) is 12.1 Å².